The van der Waals surface area contributed by atoms with Crippen LogP contribution in [-0.4, -0.2) is 47.3 Å². The molecule has 0 saturated carbocycles. The Morgan fingerprint density at radius 2 is 1.54 bits per heavy atom. The zero-order chi connectivity index (χ0) is 19.5. The summed E-state index contributed by atoms with van der Waals surface area (Å²) in [6.07, 6.45) is 3.66. The maximum Gasteiger partial charge on any atom is 0.254 e. The molecule has 2 amide bonds. The molecule has 2 fully saturated rings. The number of nitrogens with zero attached hydrogens (tertiary/aromatic N) is 2. The van der Waals surface area contributed by atoms with Gasteiger partial charge in [0.25, 0.3) is 5.91 Å². The van der Waals surface area contributed by atoms with Crippen molar-refractivity contribution in [1.29, 1.82) is 0 Å². The average molecular weight is 377 g/mol. The molecule has 4 rings (SSSR count). The smallest absolute Gasteiger partial charge is 0.254 e. The van der Waals surface area contributed by atoms with E-state index in [1.165, 1.54) is 5.56 Å². The summed E-state index contributed by atoms with van der Waals surface area (Å²) < 4.78 is 0. The van der Waals surface area contributed by atoms with Crippen LogP contribution in [0.25, 0.3) is 0 Å². The van der Waals surface area contributed by atoms with E-state index in [4.69, 9.17) is 0 Å². The first-order valence-electron chi connectivity index (χ1n) is 10.4. The Balaban J connectivity index is 1.42. The molecule has 0 spiro atoms. The van der Waals surface area contributed by atoms with Gasteiger partial charge in [0.2, 0.25) is 5.91 Å². The third-order valence-corrected chi connectivity index (χ3v) is 6.25. The van der Waals surface area contributed by atoms with E-state index in [0.717, 1.165) is 44.3 Å². The van der Waals surface area contributed by atoms with E-state index < -0.39 is 0 Å². The van der Waals surface area contributed by atoms with Crippen LogP contribution in [0, 0.1) is 6.92 Å². The van der Waals surface area contributed by atoms with Gasteiger partial charge in [0.1, 0.15) is 6.04 Å². The maximum absolute atomic E-state index is 13.2. The van der Waals surface area contributed by atoms with Crippen LogP contribution in [0.5, 0.6) is 0 Å². The van der Waals surface area contributed by atoms with Crippen LogP contribution in [-0.2, 0) is 4.79 Å². The topological polar surface area (TPSA) is 40.6 Å². The molecule has 2 aliphatic rings. The fourth-order valence-electron chi connectivity index (χ4n) is 4.60. The molecule has 1 unspecified atom stereocenters. The van der Waals surface area contributed by atoms with E-state index in [0.29, 0.717) is 18.0 Å². The van der Waals surface area contributed by atoms with Crippen molar-refractivity contribution in [2.45, 2.75) is 44.6 Å². The third-order valence-electron chi connectivity index (χ3n) is 6.25. The molecule has 0 bridgehead atoms. The summed E-state index contributed by atoms with van der Waals surface area (Å²) in [4.78, 5) is 30.0. The number of piperidine rings is 1. The summed E-state index contributed by atoms with van der Waals surface area (Å²) in [5.74, 6) is 0.651. The highest BCUT2D eigenvalue weighted by Gasteiger charge is 2.38. The Morgan fingerprint density at radius 3 is 2.25 bits per heavy atom. The van der Waals surface area contributed by atoms with Crippen molar-refractivity contribution in [3.05, 3.63) is 71.3 Å². The van der Waals surface area contributed by atoms with Crippen molar-refractivity contribution in [1.82, 2.24) is 9.80 Å². The number of hydrogen-bond acceptors (Lipinski definition) is 2. The number of carbonyl (C=O) groups excluding carboxylic acids is 2. The van der Waals surface area contributed by atoms with Gasteiger partial charge in [-0.15, -0.1) is 0 Å². The summed E-state index contributed by atoms with van der Waals surface area (Å²) in [5.41, 5.74) is 3.05. The van der Waals surface area contributed by atoms with E-state index in [1.54, 1.807) is 4.90 Å². The summed E-state index contributed by atoms with van der Waals surface area (Å²) >= 11 is 0. The van der Waals surface area contributed by atoms with Crippen molar-refractivity contribution in [3.8, 4) is 0 Å². The van der Waals surface area contributed by atoms with Crippen molar-refractivity contribution >= 4 is 11.8 Å². The minimum atomic E-state index is -0.305. The highest BCUT2D eigenvalue weighted by atomic mass is 16.2. The quantitative estimate of drug-likeness (QED) is 0.812. The largest absolute Gasteiger partial charge is 0.341 e. The number of rotatable bonds is 3. The molecule has 1 atom stereocenters. The van der Waals surface area contributed by atoms with Crippen molar-refractivity contribution in [2.75, 3.05) is 19.6 Å². The van der Waals surface area contributed by atoms with Crippen LogP contribution < -0.4 is 0 Å². The fraction of sp³-hybridized carbons (Fsp3) is 0.417. The fourth-order valence-corrected chi connectivity index (χ4v) is 4.60. The molecule has 2 aromatic carbocycles. The average Bonchev–Trinajstić information content (AvgIpc) is 3.24. The van der Waals surface area contributed by atoms with Gasteiger partial charge in [-0.3, -0.25) is 9.59 Å². The van der Waals surface area contributed by atoms with Crippen LogP contribution in [0.3, 0.4) is 0 Å². The molecule has 2 saturated heterocycles. The standard InChI is InChI=1S/C24H28N2O2/c1-18-8-5-6-11-21(18)23(27)26-15-7-12-22(26)24(28)25-16-13-20(14-17-25)19-9-3-2-4-10-19/h2-6,8-11,20,22H,7,12-17H2,1H3. The number of aryl methyl sites for hydroxylation is 1. The Bertz CT molecular complexity index is 841. The summed E-state index contributed by atoms with van der Waals surface area (Å²) in [6.45, 7) is 4.18. The molecule has 0 aromatic heterocycles. The summed E-state index contributed by atoms with van der Waals surface area (Å²) in [6, 6.07) is 17.9. The first kappa shape index (κ1) is 18.7. The minimum absolute atomic E-state index is 0.00637. The predicted molar refractivity (Wildman–Crippen MR) is 110 cm³/mol. The zero-order valence-corrected chi connectivity index (χ0v) is 16.5. The second-order valence-corrected chi connectivity index (χ2v) is 7.98. The Morgan fingerprint density at radius 1 is 0.857 bits per heavy atom. The molecular formula is C24H28N2O2. The van der Waals surface area contributed by atoms with Crippen LogP contribution in [0.15, 0.2) is 54.6 Å². The lowest BCUT2D eigenvalue weighted by atomic mass is 9.89. The van der Waals surface area contributed by atoms with Gasteiger partial charge in [-0.2, -0.15) is 0 Å². The minimum Gasteiger partial charge on any atom is -0.341 e. The van der Waals surface area contributed by atoms with Gasteiger partial charge in [-0.1, -0.05) is 48.5 Å². The van der Waals surface area contributed by atoms with E-state index in [2.05, 4.69) is 24.3 Å². The number of amides is 2. The Kier molecular flexibility index (Phi) is 5.47. The van der Waals surface area contributed by atoms with Crippen LogP contribution in [0.4, 0.5) is 0 Å². The molecule has 0 aliphatic carbocycles. The third kappa shape index (κ3) is 3.68. The van der Waals surface area contributed by atoms with Crippen molar-refractivity contribution in [3.63, 3.8) is 0 Å². The zero-order valence-electron chi connectivity index (χ0n) is 16.5. The first-order chi connectivity index (χ1) is 13.6. The highest BCUT2D eigenvalue weighted by molar-refractivity contribution is 5.99. The second kappa shape index (κ2) is 8.17. The molecule has 146 valence electrons. The summed E-state index contributed by atoms with van der Waals surface area (Å²) in [5, 5.41) is 0. The predicted octanol–water partition coefficient (Wildman–Crippen LogP) is 4.01. The summed E-state index contributed by atoms with van der Waals surface area (Å²) in [7, 11) is 0. The number of likely N-dealkylation sites (tertiary alicyclic amines) is 2. The molecule has 2 heterocycles. The molecule has 4 nitrogen and oxygen atoms in total. The van der Waals surface area contributed by atoms with Gasteiger partial charge >= 0.3 is 0 Å². The molecule has 2 aromatic rings. The van der Waals surface area contributed by atoms with E-state index >= 15 is 0 Å². The molecule has 4 heteroatoms. The van der Waals surface area contributed by atoms with Crippen LogP contribution >= 0.6 is 0 Å². The SMILES string of the molecule is Cc1ccccc1C(=O)N1CCCC1C(=O)N1CCC(c2ccccc2)CC1. The van der Waals surface area contributed by atoms with Gasteiger partial charge in [0.05, 0.1) is 0 Å². The maximum atomic E-state index is 13.2. The Hall–Kier alpha value is -2.62. The normalized spacial score (nSPS) is 20.4. The molecule has 0 radical (unpaired) electrons. The number of benzene rings is 2. The van der Waals surface area contributed by atoms with Crippen molar-refractivity contribution in [2.24, 2.45) is 0 Å². The molecule has 2 aliphatic heterocycles. The van der Waals surface area contributed by atoms with Crippen LogP contribution in [0.1, 0.15) is 53.1 Å². The number of hydrogen-bond donors (Lipinski definition) is 0. The molecular weight excluding hydrogens is 348 g/mol. The second-order valence-electron chi connectivity index (χ2n) is 7.98. The molecule has 28 heavy (non-hydrogen) atoms. The highest BCUT2D eigenvalue weighted by Crippen LogP contribution is 2.30. The van der Waals surface area contributed by atoms with Gasteiger partial charge in [0, 0.05) is 25.2 Å². The lowest BCUT2D eigenvalue weighted by Crippen LogP contribution is -2.49. The van der Waals surface area contributed by atoms with E-state index in [1.807, 2.05) is 42.2 Å². The van der Waals surface area contributed by atoms with Crippen molar-refractivity contribution < 1.29 is 9.59 Å². The lowest BCUT2D eigenvalue weighted by Gasteiger charge is -2.35. The van der Waals surface area contributed by atoms with Gasteiger partial charge in [-0.05, 0) is 55.7 Å². The first-order valence-corrected chi connectivity index (χ1v) is 10.4. The molecule has 0 N–H and O–H groups in total. The number of carbonyl (C=O) groups is 2. The Labute approximate surface area is 167 Å². The van der Waals surface area contributed by atoms with Gasteiger partial charge in [-0.25, -0.2) is 0 Å². The van der Waals surface area contributed by atoms with Gasteiger partial charge < -0.3 is 9.80 Å². The van der Waals surface area contributed by atoms with Gasteiger partial charge in [0.15, 0.2) is 0 Å². The monoisotopic (exact) mass is 376 g/mol. The van der Waals surface area contributed by atoms with E-state index in [9.17, 15) is 9.59 Å². The lowest BCUT2D eigenvalue weighted by molar-refractivity contribution is -0.136. The van der Waals surface area contributed by atoms with Crippen LogP contribution in [0.2, 0.25) is 0 Å². The van der Waals surface area contributed by atoms with E-state index in [-0.39, 0.29) is 17.9 Å².